The second kappa shape index (κ2) is 12.1. The zero-order valence-electron chi connectivity index (χ0n) is 24.0. The predicted octanol–water partition coefficient (Wildman–Crippen LogP) is 5.84. The van der Waals surface area contributed by atoms with E-state index in [1.54, 1.807) is 11.3 Å². The summed E-state index contributed by atoms with van der Waals surface area (Å²) in [5, 5.41) is 11.4. The van der Waals surface area contributed by atoms with Crippen LogP contribution in [-0.2, 0) is 20.9 Å². The minimum atomic E-state index is -1.05. The second-order valence-electron chi connectivity index (χ2n) is 11.0. The highest BCUT2D eigenvalue weighted by Crippen LogP contribution is 2.40. The fourth-order valence-corrected chi connectivity index (χ4v) is 6.99. The Bertz CT molecular complexity index is 1660. The number of morpholine rings is 1. The minimum Gasteiger partial charge on any atom is -0.478 e. The van der Waals surface area contributed by atoms with Gasteiger partial charge in [0.1, 0.15) is 12.4 Å². The number of hydrogen-bond donors (Lipinski definition) is 1. The van der Waals surface area contributed by atoms with Crippen LogP contribution in [-0.4, -0.2) is 67.7 Å². The molecular formula is C32H35N5O4S. The lowest BCUT2D eigenvalue weighted by Gasteiger charge is -2.27. The molecule has 1 N–H and O–H groups in total. The van der Waals surface area contributed by atoms with Gasteiger partial charge in [0.05, 0.1) is 51.4 Å². The molecule has 0 bridgehead atoms. The molecule has 4 heterocycles. The molecule has 42 heavy (non-hydrogen) atoms. The molecule has 1 aliphatic heterocycles. The van der Waals surface area contributed by atoms with Gasteiger partial charge in [-0.05, 0) is 51.0 Å². The van der Waals surface area contributed by atoms with E-state index in [1.807, 2.05) is 41.5 Å². The third-order valence-electron chi connectivity index (χ3n) is 8.15. The number of thiazole rings is 1. The Labute approximate surface area is 248 Å². The largest absolute Gasteiger partial charge is 0.478 e. The van der Waals surface area contributed by atoms with E-state index in [0.717, 1.165) is 80.9 Å². The summed E-state index contributed by atoms with van der Waals surface area (Å²) < 4.78 is 7.36. The van der Waals surface area contributed by atoms with Gasteiger partial charge in [0.2, 0.25) is 5.91 Å². The molecule has 10 heteroatoms. The first-order valence-corrected chi connectivity index (χ1v) is 15.4. The zero-order valence-corrected chi connectivity index (χ0v) is 24.8. The van der Waals surface area contributed by atoms with Crippen LogP contribution in [0.1, 0.15) is 60.2 Å². The number of carbonyl (C=O) groups excluding carboxylic acids is 1. The third-order valence-corrected chi connectivity index (χ3v) is 9.24. The molecule has 0 radical (unpaired) electrons. The lowest BCUT2D eigenvalue weighted by atomic mass is 9.85. The quantitative estimate of drug-likeness (QED) is 0.271. The lowest BCUT2D eigenvalue weighted by molar-refractivity contribution is -0.136. The molecule has 1 amide bonds. The maximum absolute atomic E-state index is 13.5. The van der Waals surface area contributed by atoms with Crippen LogP contribution in [0, 0.1) is 13.8 Å². The van der Waals surface area contributed by atoms with E-state index in [1.165, 1.54) is 12.5 Å². The number of nitrogens with zero attached hydrogens (tertiary/aromatic N) is 5. The van der Waals surface area contributed by atoms with Crippen LogP contribution in [0.3, 0.4) is 0 Å². The molecule has 218 valence electrons. The fraction of sp³-hybridized carbons (Fsp3) is 0.406. The molecule has 1 saturated carbocycles. The minimum absolute atomic E-state index is 0.0283. The molecular weight excluding hydrogens is 550 g/mol. The number of rotatable bonds is 7. The van der Waals surface area contributed by atoms with E-state index < -0.39 is 5.97 Å². The van der Waals surface area contributed by atoms with E-state index in [4.69, 9.17) is 14.7 Å². The second-order valence-corrected chi connectivity index (χ2v) is 12.2. The van der Waals surface area contributed by atoms with Crippen molar-refractivity contribution < 1.29 is 19.4 Å². The van der Waals surface area contributed by atoms with Crippen LogP contribution < -0.4 is 0 Å². The Morgan fingerprint density at radius 1 is 1.05 bits per heavy atom. The SMILES string of the molecule is Cc1nc(C)c(-c2ccc3cc(-c4c(C5CCCCC5)nc(C=CC(=O)O)n4CC(=O)N4CCOCC4)ccc3n2)s1. The summed E-state index contributed by atoms with van der Waals surface area (Å²) >= 11 is 1.65. The van der Waals surface area contributed by atoms with Crippen LogP contribution in [0.15, 0.2) is 36.4 Å². The Balaban J connectivity index is 1.46. The number of carboxylic acid groups (broad SMARTS) is 1. The molecule has 9 nitrogen and oxygen atoms in total. The number of fused-ring (bicyclic) bond motifs is 1. The van der Waals surface area contributed by atoms with Crippen molar-refractivity contribution in [3.63, 3.8) is 0 Å². The summed E-state index contributed by atoms with van der Waals surface area (Å²) in [6.45, 7) is 6.21. The maximum atomic E-state index is 13.5. The molecule has 0 atom stereocenters. The van der Waals surface area contributed by atoms with Crippen molar-refractivity contribution in [3.8, 4) is 21.8 Å². The highest BCUT2D eigenvalue weighted by Gasteiger charge is 2.28. The van der Waals surface area contributed by atoms with Crippen molar-refractivity contribution >= 4 is 40.2 Å². The monoisotopic (exact) mass is 585 g/mol. The van der Waals surface area contributed by atoms with Gasteiger partial charge < -0.3 is 19.3 Å². The van der Waals surface area contributed by atoms with Gasteiger partial charge in [-0.1, -0.05) is 31.4 Å². The summed E-state index contributed by atoms with van der Waals surface area (Å²) in [4.78, 5) is 42.4. The first kappa shape index (κ1) is 28.2. The molecule has 6 rings (SSSR count). The number of aromatic nitrogens is 4. The molecule has 1 aliphatic carbocycles. The molecule has 0 unspecified atom stereocenters. The number of carboxylic acids is 1. The topological polar surface area (TPSA) is 110 Å². The van der Waals surface area contributed by atoms with Crippen molar-refractivity contribution in [2.24, 2.45) is 0 Å². The Hall–Kier alpha value is -3.89. The van der Waals surface area contributed by atoms with E-state index in [2.05, 4.69) is 17.1 Å². The average molecular weight is 586 g/mol. The summed E-state index contributed by atoms with van der Waals surface area (Å²) in [5.41, 5.74) is 5.53. The van der Waals surface area contributed by atoms with E-state index >= 15 is 0 Å². The summed E-state index contributed by atoms with van der Waals surface area (Å²) in [6, 6.07) is 10.3. The number of amides is 1. The van der Waals surface area contributed by atoms with Gasteiger partial charge in [0, 0.05) is 36.0 Å². The van der Waals surface area contributed by atoms with Gasteiger partial charge in [-0.3, -0.25) is 4.79 Å². The van der Waals surface area contributed by atoms with E-state index in [0.29, 0.717) is 32.1 Å². The smallest absolute Gasteiger partial charge is 0.328 e. The van der Waals surface area contributed by atoms with Gasteiger partial charge in [-0.25, -0.2) is 19.7 Å². The van der Waals surface area contributed by atoms with Crippen LogP contribution >= 0.6 is 11.3 Å². The molecule has 0 spiro atoms. The van der Waals surface area contributed by atoms with Crippen molar-refractivity contribution in [2.45, 2.75) is 58.4 Å². The summed E-state index contributed by atoms with van der Waals surface area (Å²) in [5.74, 6) is -0.346. The van der Waals surface area contributed by atoms with E-state index in [9.17, 15) is 14.7 Å². The number of carbonyl (C=O) groups is 2. The standard InChI is InChI=1S/C32H35N5O4S/c1-20-32(42-21(2)33-20)26-11-8-23-18-24(9-10-25(23)34-26)31-30(22-6-4-3-5-7-22)35-27(12-13-29(39)40)37(31)19-28(38)36-14-16-41-17-15-36/h8-13,18,22H,3-7,14-17,19H2,1-2H3,(H,39,40). The number of imidazole rings is 1. The molecule has 4 aromatic rings. The zero-order chi connectivity index (χ0) is 29.2. The fourth-order valence-electron chi connectivity index (χ4n) is 6.10. The summed E-state index contributed by atoms with van der Waals surface area (Å²) in [6.07, 6.45) is 8.12. The van der Waals surface area contributed by atoms with Crippen LogP contribution in [0.2, 0.25) is 0 Å². The van der Waals surface area contributed by atoms with E-state index in [-0.39, 0.29) is 18.4 Å². The van der Waals surface area contributed by atoms with Gasteiger partial charge in [0.15, 0.2) is 0 Å². The molecule has 1 saturated heterocycles. The number of hydrogen-bond acceptors (Lipinski definition) is 7. The first-order chi connectivity index (χ1) is 20.4. The summed E-state index contributed by atoms with van der Waals surface area (Å²) in [7, 11) is 0. The van der Waals surface area contributed by atoms with Crippen LogP contribution in [0.25, 0.3) is 38.8 Å². The van der Waals surface area contributed by atoms with Crippen LogP contribution in [0.5, 0.6) is 0 Å². The van der Waals surface area contributed by atoms with Gasteiger partial charge >= 0.3 is 5.97 Å². The predicted molar refractivity (Wildman–Crippen MR) is 163 cm³/mol. The highest BCUT2D eigenvalue weighted by molar-refractivity contribution is 7.15. The maximum Gasteiger partial charge on any atom is 0.328 e. The number of pyridine rings is 1. The van der Waals surface area contributed by atoms with Crippen molar-refractivity contribution in [1.82, 2.24) is 24.4 Å². The lowest BCUT2D eigenvalue weighted by Crippen LogP contribution is -2.42. The number of aryl methyl sites for hydroxylation is 2. The Kier molecular flexibility index (Phi) is 8.17. The Morgan fingerprint density at radius 2 is 1.83 bits per heavy atom. The van der Waals surface area contributed by atoms with Crippen LogP contribution in [0.4, 0.5) is 0 Å². The normalized spacial score (nSPS) is 16.5. The van der Waals surface area contributed by atoms with Crippen molar-refractivity contribution in [1.29, 1.82) is 0 Å². The molecule has 1 aromatic carbocycles. The van der Waals surface area contributed by atoms with Gasteiger partial charge in [-0.15, -0.1) is 11.3 Å². The Morgan fingerprint density at radius 3 is 2.55 bits per heavy atom. The molecule has 2 fully saturated rings. The average Bonchev–Trinajstić information content (AvgIpc) is 3.54. The number of benzene rings is 1. The van der Waals surface area contributed by atoms with Gasteiger partial charge in [-0.2, -0.15) is 0 Å². The first-order valence-electron chi connectivity index (χ1n) is 14.6. The number of ether oxygens (including phenoxy) is 1. The molecule has 3 aromatic heterocycles. The van der Waals surface area contributed by atoms with Gasteiger partial charge in [0.25, 0.3) is 0 Å². The number of aliphatic carboxylic acids is 1. The third kappa shape index (κ3) is 5.87. The molecule has 2 aliphatic rings. The van der Waals surface area contributed by atoms with Crippen molar-refractivity contribution in [3.05, 3.63) is 58.6 Å². The highest BCUT2D eigenvalue weighted by atomic mass is 32.1. The van der Waals surface area contributed by atoms with Crippen molar-refractivity contribution in [2.75, 3.05) is 26.3 Å².